The summed E-state index contributed by atoms with van der Waals surface area (Å²) < 4.78 is 0. The van der Waals surface area contributed by atoms with Gasteiger partial charge in [0, 0.05) is 25.2 Å². The van der Waals surface area contributed by atoms with Gasteiger partial charge in [-0.15, -0.1) is 0 Å². The Morgan fingerprint density at radius 1 is 1.00 bits per heavy atom. The second-order valence-electron chi connectivity index (χ2n) is 5.98. The molecule has 1 aromatic heterocycles. The average Bonchev–Trinajstić information content (AvgIpc) is 2.53. The Morgan fingerprint density at radius 3 is 2.60 bits per heavy atom. The van der Waals surface area contributed by atoms with Gasteiger partial charge in [0.2, 0.25) is 5.95 Å². The second kappa shape index (κ2) is 6.42. The summed E-state index contributed by atoms with van der Waals surface area (Å²) in [5, 5.41) is 3.52. The molecule has 20 heavy (non-hydrogen) atoms. The molecule has 0 amide bonds. The lowest BCUT2D eigenvalue weighted by Crippen LogP contribution is -2.32. The van der Waals surface area contributed by atoms with Crippen LogP contribution >= 0.6 is 0 Å². The molecule has 110 valence electrons. The van der Waals surface area contributed by atoms with E-state index in [0.29, 0.717) is 0 Å². The van der Waals surface area contributed by atoms with Crippen LogP contribution in [0.3, 0.4) is 0 Å². The molecule has 4 nitrogen and oxygen atoms in total. The van der Waals surface area contributed by atoms with E-state index in [1.54, 1.807) is 0 Å². The van der Waals surface area contributed by atoms with Gasteiger partial charge in [-0.1, -0.05) is 6.92 Å². The van der Waals surface area contributed by atoms with Crippen LogP contribution in [0.15, 0.2) is 0 Å². The third kappa shape index (κ3) is 2.89. The van der Waals surface area contributed by atoms with Crippen molar-refractivity contribution in [1.29, 1.82) is 0 Å². The van der Waals surface area contributed by atoms with E-state index in [1.807, 2.05) is 0 Å². The fourth-order valence-corrected chi connectivity index (χ4v) is 3.21. The van der Waals surface area contributed by atoms with Gasteiger partial charge in [-0.25, -0.2) is 4.98 Å². The minimum atomic E-state index is 0.962. The van der Waals surface area contributed by atoms with E-state index in [0.717, 1.165) is 50.7 Å². The van der Waals surface area contributed by atoms with Crippen molar-refractivity contribution in [2.24, 2.45) is 0 Å². The van der Waals surface area contributed by atoms with Crippen molar-refractivity contribution in [2.75, 3.05) is 29.9 Å². The number of hydrogen-bond donors (Lipinski definition) is 1. The zero-order valence-electron chi connectivity index (χ0n) is 12.6. The van der Waals surface area contributed by atoms with Gasteiger partial charge in [-0.2, -0.15) is 4.98 Å². The molecule has 1 aliphatic heterocycles. The molecular formula is C16H26N4. The van der Waals surface area contributed by atoms with Gasteiger partial charge < -0.3 is 10.2 Å². The third-order valence-electron chi connectivity index (χ3n) is 4.35. The van der Waals surface area contributed by atoms with E-state index in [9.17, 15) is 0 Å². The Labute approximate surface area is 122 Å². The van der Waals surface area contributed by atoms with Crippen LogP contribution in [-0.2, 0) is 12.8 Å². The number of aromatic nitrogens is 2. The molecule has 1 aliphatic carbocycles. The van der Waals surface area contributed by atoms with E-state index in [2.05, 4.69) is 17.1 Å². The van der Waals surface area contributed by atoms with Gasteiger partial charge in [0.25, 0.3) is 0 Å². The van der Waals surface area contributed by atoms with Gasteiger partial charge in [0.15, 0.2) is 0 Å². The quantitative estimate of drug-likeness (QED) is 0.915. The summed E-state index contributed by atoms with van der Waals surface area (Å²) >= 11 is 0. The minimum Gasteiger partial charge on any atom is -0.370 e. The maximum absolute atomic E-state index is 4.88. The lowest BCUT2D eigenvalue weighted by Gasteiger charge is -2.29. The summed E-state index contributed by atoms with van der Waals surface area (Å²) in [5.41, 5.74) is 2.68. The molecule has 0 radical (unpaired) electrons. The first-order valence-electron chi connectivity index (χ1n) is 8.27. The first kappa shape index (κ1) is 13.7. The maximum Gasteiger partial charge on any atom is 0.227 e. The topological polar surface area (TPSA) is 41.1 Å². The van der Waals surface area contributed by atoms with Crippen molar-refractivity contribution in [3.63, 3.8) is 0 Å². The summed E-state index contributed by atoms with van der Waals surface area (Å²) in [7, 11) is 0. The standard InChI is InChI=1S/C16H26N4/c1-2-10-17-15-13-8-4-5-9-14(13)18-16(19-15)20-11-6-3-7-12-20/h2-12H2,1H3,(H,17,18,19). The highest BCUT2D eigenvalue weighted by molar-refractivity contribution is 5.52. The van der Waals surface area contributed by atoms with Gasteiger partial charge in [-0.05, 0) is 51.4 Å². The molecule has 3 rings (SSSR count). The minimum absolute atomic E-state index is 0.962. The number of rotatable bonds is 4. The van der Waals surface area contributed by atoms with Gasteiger partial charge in [-0.3, -0.25) is 0 Å². The number of anilines is 2. The highest BCUT2D eigenvalue weighted by atomic mass is 15.3. The first-order chi connectivity index (χ1) is 9.88. The molecule has 0 atom stereocenters. The molecule has 1 aromatic rings. The number of piperidine rings is 1. The fraction of sp³-hybridized carbons (Fsp3) is 0.750. The molecule has 0 aromatic carbocycles. The molecule has 0 bridgehead atoms. The van der Waals surface area contributed by atoms with Crippen LogP contribution in [0.2, 0.25) is 0 Å². The van der Waals surface area contributed by atoms with E-state index in [4.69, 9.17) is 9.97 Å². The molecule has 0 saturated carbocycles. The molecule has 1 saturated heterocycles. The van der Waals surface area contributed by atoms with Crippen molar-refractivity contribution in [2.45, 2.75) is 58.3 Å². The SMILES string of the molecule is CCCNc1nc(N2CCCCC2)nc2c1CCCC2. The lowest BCUT2D eigenvalue weighted by molar-refractivity contribution is 0.564. The summed E-state index contributed by atoms with van der Waals surface area (Å²) in [6, 6.07) is 0. The number of hydrogen-bond acceptors (Lipinski definition) is 4. The number of fused-ring (bicyclic) bond motifs is 1. The lowest BCUT2D eigenvalue weighted by atomic mass is 9.96. The molecule has 2 aliphatic rings. The summed E-state index contributed by atoms with van der Waals surface area (Å²) in [4.78, 5) is 12.1. The Bertz CT molecular complexity index is 452. The first-order valence-corrected chi connectivity index (χ1v) is 8.27. The van der Waals surface area contributed by atoms with Crippen LogP contribution in [0, 0.1) is 0 Å². The van der Waals surface area contributed by atoms with E-state index < -0.39 is 0 Å². The van der Waals surface area contributed by atoms with Crippen LogP contribution in [0.5, 0.6) is 0 Å². The molecule has 1 N–H and O–H groups in total. The number of nitrogens with one attached hydrogen (secondary N) is 1. The van der Waals surface area contributed by atoms with Gasteiger partial charge >= 0.3 is 0 Å². The van der Waals surface area contributed by atoms with Crippen molar-refractivity contribution in [3.8, 4) is 0 Å². The third-order valence-corrected chi connectivity index (χ3v) is 4.35. The van der Waals surface area contributed by atoms with Gasteiger partial charge in [0.1, 0.15) is 5.82 Å². The average molecular weight is 274 g/mol. The number of nitrogens with zero attached hydrogens (tertiary/aromatic N) is 3. The Hall–Kier alpha value is -1.32. The van der Waals surface area contributed by atoms with E-state index in [1.165, 1.54) is 43.4 Å². The van der Waals surface area contributed by atoms with Crippen LogP contribution < -0.4 is 10.2 Å². The van der Waals surface area contributed by atoms with Crippen molar-refractivity contribution < 1.29 is 0 Å². The zero-order valence-corrected chi connectivity index (χ0v) is 12.6. The smallest absolute Gasteiger partial charge is 0.227 e. The maximum atomic E-state index is 4.88. The van der Waals surface area contributed by atoms with Crippen molar-refractivity contribution in [3.05, 3.63) is 11.3 Å². The predicted molar refractivity (Wildman–Crippen MR) is 83.5 cm³/mol. The predicted octanol–water partition coefficient (Wildman–Crippen LogP) is 3.17. The molecule has 0 unspecified atom stereocenters. The largest absolute Gasteiger partial charge is 0.370 e. The fourth-order valence-electron chi connectivity index (χ4n) is 3.21. The second-order valence-corrected chi connectivity index (χ2v) is 5.98. The normalized spacial score (nSPS) is 18.8. The molecule has 2 heterocycles. The molecule has 4 heteroatoms. The Morgan fingerprint density at radius 2 is 1.80 bits per heavy atom. The van der Waals surface area contributed by atoms with Gasteiger partial charge in [0.05, 0.1) is 5.69 Å². The zero-order chi connectivity index (χ0) is 13.8. The van der Waals surface area contributed by atoms with Crippen molar-refractivity contribution in [1.82, 2.24) is 9.97 Å². The van der Waals surface area contributed by atoms with E-state index >= 15 is 0 Å². The van der Waals surface area contributed by atoms with Crippen LogP contribution in [-0.4, -0.2) is 29.6 Å². The highest BCUT2D eigenvalue weighted by Crippen LogP contribution is 2.28. The molecule has 1 fully saturated rings. The Kier molecular flexibility index (Phi) is 4.38. The van der Waals surface area contributed by atoms with E-state index in [-0.39, 0.29) is 0 Å². The van der Waals surface area contributed by atoms with Crippen LogP contribution in [0.1, 0.15) is 56.7 Å². The Balaban J connectivity index is 1.89. The van der Waals surface area contributed by atoms with Crippen molar-refractivity contribution >= 4 is 11.8 Å². The molecular weight excluding hydrogens is 248 g/mol. The highest BCUT2D eigenvalue weighted by Gasteiger charge is 2.21. The summed E-state index contributed by atoms with van der Waals surface area (Å²) in [6.07, 6.45) is 9.86. The summed E-state index contributed by atoms with van der Waals surface area (Å²) in [6.45, 7) is 5.44. The van der Waals surface area contributed by atoms with Crippen LogP contribution in [0.25, 0.3) is 0 Å². The number of aryl methyl sites for hydroxylation is 1. The molecule has 0 spiro atoms. The van der Waals surface area contributed by atoms with Crippen LogP contribution in [0.4, 0.5) is 11.8 Å². The monoisotopic (exact) mass is 274 g/mol. The summed E-state index contributed by atoms with van der Waals surface area (Å²) in [5.74, 6) is 2.07.